The highest BCUT2D eigenvalue weighted by molar-refractivity contribution is 14.1. The van der Waals surface area contributed by atoms with E-state index in [-0.39, 0.29) is 12.2 Å². The summed E-state index contributed by atoms with van der Waals surface area (Å²) >= 11 is 9.35. The maximum absolute atomic E-state index is 13.7. The Morgan fingerprint density at radius 1 is 1.24 bits per heavy atom. The molecule has 1 aliphatic heterocycles. The predicted molar refractivity (Wildman–Crippen MR) is 149 cm³/mol. The summed E-state index contributed by atoms with van der Waals surface area (Å²) in [5, 5.41) is 0.537. The van der Waals surface area contributed by atoms with E-state index in [1.54, 1.807) is 56.3 Å². The van der Waals surface area contributed by atoms with E-state index in [0.717, 1.165) is 0 Å². The lowest BCUT2D eigenvalue weighted by molar-refractivity contribution is -0.139. The zero-order valence-corrected chi connectivity index (χ0v) is 24.1. The molecule has 2 aromatic carbocycles. The molecule has 0 saturated heterocycles. The monoisotopic (exact) mass is 652 g/mol. The number of carbonyl (C=O) groups is 2. The number of fused-ring (bicyclic) bond motifs is 1. The van der Waals surface area contributed by atoms with Crippen molar-refractivity contribution in [3.63, 3.8) is 0 Å². The number of hydrogen-bond donors (Lipinski definition) is 0. The summed E-state index contributed by atoms with van der Waals surface area (Å²) in [4.78, 5) is 43.2. The first-order valence-corrected chi connectivity index (χ1v) is 13.4. The van der Waals surface area contributed by atoms with E-state index in [1.807, 2.05) is 22.6 Å². The van der Waals surface area contributed by atoms with Crippen molar-refractivity contribution in [3.05, 3.63) is 87.1 Å². The lowest BCUT2D eigenvalue weighted by Crippen LogP contribution is -2.39. The van der Waals surface area contributed by atoms with Crippen molar-refractivity contribution in [2.45, 2.75) is 26.8 Å². The van der Waals surface area contributed by atoms with Gasteiger partial charge in [0.1, 0.15) is 0 Å². The highest BCUT2D eigenvalue weighted by Crippen LogP contribution is 2.34. The molecule has 4 rings (SSSR count). The fourth-order valence-electron chi connectivity index (χ4n) is 3.97. The largest absolute Gasteiger partial charge is 0.493 e. The minimum absolute atomic E-state index is 0.192. The minimum atomic E-state index is -0.726. The van der Waals surface area contributed by atoms with Crippen LogP contribution < -0.4 is 24.4 Å². The van der Waals surface area contributed by atoms with E-state index in [0.29, 0.717) is 51.8 Å². The minimum Gasteiger partial charge on any atom is -0.493 e. The number of carbonyl (C=O) groups excluding carboxylic acids is 2. The Bertz CT molecular complexity index is 1610. The normalized spacial score (nSPS) is 15.2. The number of aromatic nitrogens is 1. The second-order valence-corrected chi connectivity index (χ2v) is 10.6. The summed E-state index contributed by atoms with van der Waals surface area (Å²) in [6.45, 7) is 4.96. The van der Waals surface area contributed by atoms with Gasteiger partial charge in [0, 0.05) is 11.9 Å². The number of rotatable bonds is 6. The third-order valence-electron chi connectivity index (χ3n) is 5.50. The van der Waals surface area contributed by atoms with Gasteiger partial charge in [0.2, 0.25) is 0 Å². The number of benzene rings is 2. The van der Waals surface area contributed by atoms with Crippen LogP contribution >= 0.6 is 45.5 Å². The van der Waals surface area contributed by atoms with Gasteiger partial charge in [0.25, 0.3) is 5.56 Å². The fraction of sp³-hybridized carbons (Fsp3) is 0.231. The molecule has 0 radical (unpaired) electrons. The van der Waals surface area contributed by atoms with Crippen molar-refractivity contribution in [1.82, 2.24) is 4.57 Å². The van der Waals surface area contributed by atoms with Crippen molar-refractivity contribution in [2.75, 3.05) is 13.7 Å². The van der Waals surface area contributed by atoms with Crippen LogP contribution in [0.25, 0.3) is 6.08 Å². The summed E-state index contributed by atoms with van der Waals surface area (Å²) in [5.41, 5.74) is 1.84. The average molecular weight is 653 g/mol. The molecule has 0 aliphatic carbocycles. The van der Waals surface area contributed by atoms with Crippen molar-refractivity contribution in [2.24, 2.45) is 4.99 Å². The van der Waals surface area contributed by atoms with Crippen LogP contribution in [0.5, 0.6) is 11.5 Å². The average Bonchev–Trinajstić information content (AvgIpc) is 3.14. The second-order valence-electron chi connectivity index (χ2n) is 7.98. The van der Waals surface area contributed by atoms with E-state index in [1.165, 1.54) is 29.9 Å². The van der Waals surface area contributed by atoms with E-state index in [4.69, 9.17) is 25.8 Å². The van der Waals surface area contributed by atoms with E-state index >= 15 is 0 Å². The molecule has 1 aliphatic rings. The summed E-state index contributed by atoms with van der Waals surface area (Å²) in [6.07, 6.45) is 1.72. The lowest BCUT2D eigenvalue weighted by atomic mass is 9.96. The van der Waals surface area contributed by atoms with Gasteiger partial charge in [-0.15, -0.1) is 0 Å². The van der Waals surface area contributed by atoms with Crippen molar-refractivity contribution in [3.8, 4) is 11.5 Å². The molecule has 37 heavy (non-hydrogen) atoms. The Kier molecular flexibility index (Phi) is 8.20. The first-order chi connectivity index (χ1) is 17.6. The molecule has 0 bridgehead atoms. The van der Waals surface area contributed by atoms with Crippen LogP contribution in [0.2, 0.25) is 5.02 Å². The Hall–Kier alpha value is -2.96. The van der Waals surface area contributed by atoms with Crippen LogP contribution in [0.4, 0.5) is 0 Å². The molecule has 0 N–H and O–H groups in total. The van der Waals surface area contributed by atoms with Crippen LogP contribution in [-0.2, 0) is 14.3 Å². The topological polar surface area (TPSA) is 96.2 Å². The smallest absolute Gasteiger partial charge is 0.338 e. The van der Waals surface area contributed by atoms with Gasteiger partial charge in [-0.2, -0.15) is 0 Å². The summed E-state index contributed by atoms with van der Waals surface area (Å²) < 4.78 is 18.6. The SMILES string of the molecule is CCOC(=O)C1=C(C)N=c2s/c(=C\c3cc(I)c(OC(C)=O)c(OC)c3)c(=O)n2[C@@H]1c1ccc(Cl)cc1. The molecule has 0 saturated carbocycles. The number of esters is 2. The predicted octanol–water partition coefficient (Wildman–Crippen LogP) is 3.99. The maximum atomic E-state index is 13.7. The van der Waals surface area contributed by atoms with Crippen LogP contribution in [0.1, 0.15) is 37.9 Å². The molecular weight excluding hydrogens is 631 g/mol. The highest BCUT2D eigenvalue weighted by atomic mass is 127. The first-order valence-electron chi connectivity index (χ1n) is 11.2. The van der Waals surface area contributed by atoms with Gasteiger partial charge >= 0.3 is 11.9 Å². The maximum Gasteiger partial charge on any atom is 0.338 e. The van der Waals surface area contributed by atoms with Crippen LogP contribution in [0.3, 0.4) is 0 Å². The molecule has 192 valence electrons. The molecule has 1 aromatic heterocycles. The standard InChI is InChI=1S/C26H22ClIN2O6S/c1-5-35-25(33)21-13(2)29-26-30(22(21)16-6-8-17(27)9-7-16)24(32)20(37-26)12-15-10-18(28)23(36-14(3)31)19(11-15)34-4/h6-12,22H,5H2,1-4H3/b20-12-/t22-/m1/s1. The summed E-state index contributed by atoms with van der Waals surface area (Å²) in [5.74, 6) is -0.321. The number of thiazole rings is 1. The molecule has 1 atom stereocenters. The third kappa shape index (κ3) is 5.51. The lowest BCUT2D eigenvalue weighted by Gasteiger charge is -2.24. The highest BCUT2D eigenvalue weighted by Gasteiger charge is 2.33. The molecule has 0 amide bonds. The van der Waals surface area contributed by atoms with Crippen LogP contribution in [-0.4, -0.2) is 30.2 Å². The zero-order valence-electron chi connectivity index (χ0n) is 20.3. The van der Waals surface area contributed by atoms with Crippen LogP contribution in [0.15, 0.2) is 57.5 Å². The Morgan fingerprint density at radius 2 is 1.95 bits per heavy atom. The number of allylic oxidation sites excluding steroid dienone is 1. The van der Waals surface area contributed by atoms with Crippen molar-refractivity contribution < 1.29 is 23.8 Å². The van der Waals surface area contributed by atoms with Crippen molar-refractivity contribution >= 4 is 63.5 Å². The number of nitrogens with zero attached hydrogens (tertiary/aromatic N) is 2. The Balaban J connectivity index is 1.91. The molecule has 11 heteroatoms. The Labute approximate surface area is 235 Å². The Morgan fingerprint density at radius 3 is 2.57 bits per heavy atom. The molecule has 2 heterocycles. The van der Waals surface area contributed by atoms with E-state index < -0.39 is 18.0 Å². The second kappa shape index (κ2) is 11.2. The molecule has 8 nitrogen and oxygen atoms in total. The van der Waals surface area contributed by atoms with Gasteiger partial charge in [0.15, 0.2) is 16.3 Å². The van der Waals surface area contributed by atoms with Gasteiger partial charge in [-0.3, -0.25) is 14.2 Å². The van der Waals surface area contributed by atoms with Gasteiger partial charge in [0.05, 0.1) is 39.1 Å². The molecule has 3 aromatic rings. The van der Waals surface area contributed by atoms with Gasteiger partial charge < -0.3 is 14.2 Å². The zero-order chi connectivity index (χ0) is 26.9. The van der Waals surface area contributed by atoms with E-state index in [9.17, 15) is 14.4 Å². The number of halogens is 2. The number of ether oxygens (including phenoxy) is 3. The molecular formula is C26H22ClIN2O6S. The van der Waals surface area contributed by atoms with Crippen LogP contribution in [0, 0.1) is 3.57 Å². The fourth-order valence-corrected chi connectivity index (χ4v) is 5.88. The molecule has 0 fully saturated rings. The van der Waals surface area contributed by atoms with Gasteiger partial charge in [-0.1, -0.05) is 35.1 Å². The van der Waals surface area contributed by atoms with Gasteiger partial charge in [-0.05, 0) is 77.9 Å². The van der Waals surface area contributed by atoms with Gasteiger partial charge in [-0.25, -0.2) is 9.79 Å². The molecule has 0 unspecified atom stereocenters. The number of hydrogen-bond acceptors (Lipinski definition) is 8. The quantitative estimate of drug-likeness (QED) is 0.227. The molecule has 0 spiro atoms. The van der Waals surface area contributed by atoms with Crippen molar-refractivity contribution in [1.29, 1.82) is 0 Å². The first kappa shape index (κ1) is 27.1. The summed E-state index contributed by atoms with van der Waals surface area (Å²) in [6, 6.07) is 9.73. The van der Waals surface area contributed by atoms with E-state index in [2.05, 4.69) is 4.99 Å². The summed E-state index contributed by atoms with van der Waals surface area (Å²) in [7, 11) is 1.47. The number of methoxy groups -OCH3 is 1. The third-order valence-corrected chi connectivity index (χ3v) is 7.53.